The zero-order valence-corrected chi connectivity index (χ0v) is 22.8. The number of fused-ring (bicyclic) bond motifs is 2. The van der Waals surface area contributed by atoms with Crippen LogP contribution in [0.2, 0.25) is 0 Å². The van der Waals surface area contributed by atoms with E-state index in [1.165, 1.54) is 17.9 Å². The van der Waals surface area contributed by atoms with Crippen LogP contribution in [-0.4, -0.2) is 44.7 Å². The molecular weight excluding hydrogens is 523 g/mol. The minimum atomic E-state index is -3.02. The maximum atomic E-state index is 14.8. The SMILES string of the molecule is Cc1cc(OCCCS(C)(=O)=O)c2c(c1-c1ccc(F)c(COc3ccc4c(c3)OC[C@H]4CC(=O)O)c1)CC2. The first-order valence-corrected chi connectivity index (χ1v) is 15.0. The van der Waals surface area contributed by atoms with Gasteiger partial charge in [-0.15, -0.1) is 0 Å². The number of halogens is 1. The molecular formula is C30H31FO7S. The lowest BCUT2D eigenvalue weighted by molar-refractivity contribution is -0.137. The number of carboxylic acids is 1. The Bertz CT molecular complexity index is 1530. The van der Waals surface area contributed by atoms with Crippen molar-refractivity contribution in [2.24, 2.45) is 0 Å². The summed E-state index contributed by atoms with van der Waals surface area (Å²) < 4.78 is 55.0. The number of carbonyl (C=O) groups is 1. The second-order valence-electron chi connectivity index (χ2n) is 10.3. The van der Waals surface area contributed by atoms with Crippen molar-refractivity contribution in [3.05, 3.63) is 76.1 Å². The van der Waals surface area contributed by atoms with Gasteiger partial charge in [0.2, 0.25) is 0 Å². The quantitative estimate of drug-likeness (QED) is 0.324. The molecule has 1 N–H and O–H groups in total. The predicted octanol–water partition coefficient (Wildman–Crippen LogP) is 5.24. The fraction of sp³-hybridized carbons (Fsp3) is 0.367. The zero-order chi connectivity index (χ0) is 27.7. The minimum Gasteiger partial charge on any atom is -0.493 e. The van der Waals surface area contributed by atoms with Crippen molar-refractivity contribution < 1.29 is 36.9 Å². The van der Waals surface area contributed by atoms with Crippen molar-refractivity contribution in [3.63, 3.8) is 0 Å². The molecule has 1 aliphatic carbocycles. The van der Waals surface area contributed by atoms with Gasteiger partial charge in [0, 0.05) is 29.4 Å². The van der Waals surface area contributed by atoms with E-state index in [2.05, 4.69) is 0 Å². The Morgan fingerprint density at radius 1 is 1.10 bits per heavy atom. The number of sulfone groups is 1. The summed E-state index contributed by atoms with van der Waals surface area (Å²) in [5, 5.41) is 9.09. The van der Waals surface area contributed by atoms with Crippen LogP contribution in [0.15, 0.2) is 42.5 Å². The third-order valence-electron chi connectivity index (χ3n) is 7.26. The molecule has 0 amide bonds. The van der Waals surface area contributed by atoms with Crippen LogP contribution in [0.1, 0.15) is 46.6 Å². The molecule has 0 unspecified atom stereocenters. The molecule has 3 aromatic carbocycles. The third kappa shape index (κ3) is 6.03. The van der Waals surface area contributed by atoms with Gasteiger partial charge < -0.3 is 19.3 Å². The number of aryl methyl sites for hydroxylation is 1. The highest BCUT2D eigenvalue weighted by atomic mass is 32.2. The summed E-state index contributed by atoms with van der Waals surface area (Å²) in [6, 6.07) is 12.3. The molecule has 0 saturated heterocycles. The molecule has 9 heteroatoms. The van der Waals surface area contributed by atoms with Gasteiger partial charge in [-0.2, -0.15) is 0 Å². The van der Waals surface area contributed by atoms with Gasteiger partial charge in [-0.25, -0.2) is 12.8 Å². The van der Waals surface area contributed by atoms with Gasteiger partial charge in [0.05, 0.1) is 25.4 Å². The van der Waals surface area contributed by atoms with E-state index in [4.69, 9.17) is 19.3 Å². The first kappa shape index (κ1) is 27.0. The Morgan fingerprint density at radius 2 is 1.90 bits per heavy atom. The highest BCUT2D eigenvalue weighted by Gasteiger charge is 2.27. The summed E-state index contributed by atoms with van der Waals surface area (Å²) in [4.78, 5) is 11.1. The van der Waals surface area contributed by atoms with Crippen molar-refractivity contribution in [2.75, 3.05) is 25.2 Å². The molecule has 5 rings (SSSR count). The highest BCUT2D eigenvalue weighted by molar-refractivity contribution is 7.90. The van der Waals surface area contributed by atoms with Gasteiger partial charge in [-0.3, -0.25) is 4.79 Å². The molecule has 1 atom stereocenters. The van der Waals surface area contributed by atoms with Gasteiger partial charge in [0.25, 0.3) is 0 Å². The van der Waals surface area contributed by atoms with Crippen molar-refractivity contribution in [3.8, 4) is 28.4 Å². The molecule has 3 aromatic rings. The van der Waals surface area contributed by atoms with E-state index in [9.17, 15) is 17.6 Å². The van der Waals surface area contributed by atoms with E-state index < -0.39 is 15.8 Å². The van der Waals surface area contributed by atoms with Gasteiger partial charge in [0.15, 0.2) is 0 Å². The van der Waals surface area contributed by atoms with Gasteiger partial charge in [-0.05, 0) is 78.3 Å². The standard InChI is InChI=1S/C30H31FO7S/c1-18-12-27(36-10-3-11-39(2,34)35)24-7-8-25(24)30(18)19-4-9-26(31)21(13-19)17-37-22-5-6-23-20(14-29(32)33)16-38-28(23)15-22/h4-6,9,12-13,15,20H,3,7-8,10-11,14,16-17H2,1-2H3,(H,32,33)/t20-/m1/s1. The Kier molecular flexibility index (Phi) is 7.53. The average molecular weight is 555 g/mol. The maximum absolute atomic E-state index is 14.8. The van der Waals surface area contributed by atoms with E-state index in [1.807, 2.05) is 25.1 Å². The van der Waals surface area contributed by atoms with Crippen LogP contribution < -0.4 is 14.2 Å². The summed E-state index contributed by atoms with van der Waals surface area (Å²) in [7, 11) is -3.02. The predicted molar refractivity (Wildman–Crippen MR) is 145 cm³/mol. The number of aliphatic carboxylic acids is 1. The Morgan fingerprint density at radius 3 is 2.62 bits per heavy atom. The lowest BCUT2D eigenvalue weighted by atomic mass is 9.79. The van der Waals surface area contributed by atoms with Crippen molar-refractivity contribution in [1.82, 2.24) is 0 Å². The van der Waals surface area contributed by atoms with Gasteiger partial charge in [-0.1, -0.05) is 12.1 Å². The molecule has 0 aromatic heterocycles. The highest BCUT2D eigenvalue weighted by Crippen LogP contribution is 2.43. The number of hydrogen-bond donors (Lipinski definition) is 1. The first-order chi connectivity index (χ1) is 18.6. The fourth-order valence-electron chi connectivity index (χ4n) is 5.28. The van der Waals surface area contributed by atoms with Crippen LogP contribution in [0.3, 0.4) is 0 Å². The van der Waals surface area contributed by atoms with E-state index in [-0.39, 0.29) is 30.5 Å². The maximum Gasteiger partial charge on any atom is 0.304 e. The molecule has 206 valence electrons. The van der Waals surface area contributed by atoms with Crippen LogP contribution in [-0.2, 0) is 34.1 Å². The fourth-order valence-corrected chi connectivity index (χ4v) is 5.92. The van der Waals surface area contributed by atoms with Crippen LogP contribution in [0.5, 0.6) is 17.2 Å². The number of benzene rings is 3. The largest absolute Gasteiger partial charge is 0.493 e. The number of rotatable bonds is 11. The monoisotopic (exact) mass is 554 g/mol. The molecule has 1 aliphatic heterocycles. The Labute approximate surface area is 227 Å². The smallest absolute Gasteiger partial charge is 0.304 e. The van der Waals surface area contributed by atoms with Crippen molar-refractivity contribution >= 4 is 15.8 Å². The van der Waals surface area contributed by atoms with E-state index >= 15 is 0 Å². The van der Waals surface area contributed by atoms with Crippen molar-refractivity contribution in [1.29, 1.82) is 0 Å². The van der Waals surface area contributed by atoms with Crippen LogP contribution in [0.4, 0.5) is 4.39 Å². The molecule has 0 spiro atoms. The Balaban J connectivity index is 1.30. The molecule has 0 fully saturated rings. The summed E-state index contributed by atoms with van der Waals surface area (Å²) in [6.07, 6.45) is 3.45. The average Bonchev–Trinajstić information content (AvgIpc) is 3.23. The van der Waals surface area contributed by atoms with Crippen molar-refractivity contribution in [2.45, 2.75) is 45.1 Å². The second-order valence-corrected chi connectivity index (χ2v) is 12.5. The normalized spacial score (nSPS) is 15.6. The van der Waals surface area contributed by atoms with E-state index in [0.717, 1.165) is 46.4 Å². The molecule has 0 bridgehead atoms. The van der Waals surface area contributed by atoms with Gasteiger partial charge >= 0.3 is 5.97 Å². The zero-order valence-electron chi connectivity index (χ0n) is 22.0. The van der Waals surface area contributed by atoms with E-state index in [0.29, 0.717) is 36.7 Å². The summed E-state index contributed by atoms with van der Waals surface area (Å²) in [6.45, 7) is 2.68. The number of ether oxygens (including phenoxy) is 3. The van der Waals surface area contributed by atoms with Gasteiger partial charge in [0.1, 0.15) is 39.5 Å². The summed E-state index contributed by atoms with van der Waals surface area (Å²) in [5.41, 5.74) is 6.55. The minimum absolute atomic E-state index is 0.00458. The molecule has 0 saturated carbocycles. The topological polar surface area (TPSA) is 99.1 Å². The van der Waals surface area contributed by atoms with E-state index in [1.54, 1.807) is 18.2 Å². The number of hydrogen-bond acceptors (Lipinski definition) is 6. The molecule has 1 heterocycles. The molecule has 7 nitrogen and oxygen atoms in total. The molecule has 39 heavy (non-hydrogen) atoms. The summed E-state index contributed by atoms with van der Waals surface area (Å²) in [5.74, 6) is 0.584. The molecule has 2 aliphatic rings. The third-order valence-corrected chi connectivity index (χ3v) is 8.29. The lowest BCUT2D eigenvalue weighted by Crippen LogP contribution is -2.15. The first-order valence-electron chi connectivity index (χ1n) is 12.9. The molecule has 0 radical (unpaired) electrons. The van der Waals surface area contributed by atoms with Crippen LogP contribution in [0.25, 0.3) is 11.1 Å². The second kappa shape index (κ2) is 10.9. The van der Waals surface area contributed by atoms with Crippen LogP contribution >= 0.6 is 0 Å². The Hall–Kier alpha value is -3.59. The number of carboxylic acid groups (broad SMARTS) is 1. The lowest BCUT2D eigenvalue weighted by Gasteiger charge is -2.28. The summed E-state index contributed by atoms with van der Waals surface area (Å²) >= 11 is 0. The van der Waals surface area contributed by atoms with Crippen LogP contribution in [0, 0.1) is 12.7 Å².